The third-order valence-electron chi connectivity index (χ3n) is 5.07. The quantitative estimate of drug-likeness (QED) is 0.526. The summed E-state index contributed by atoms with van der Waals surface area (Å²) in [7, 11) is 0. The maximum Gasteiger partial charge on any atom is 0.247 e. The smallest absolute Gasteiger partial charge is 0.247 e. The Hall–Kier alpha value is -3.93. The van der Waals surface area contributed by atoms with Gasteiger partial charge >= 0.3 is 0 Å². The first kappa shape index (κ1) is 22.3. The topological polar surface area (TPSA) is 103 Å². The maximum absolute atomic E-state index is 11.7. The number of hydrogen-bond donors (Lipinski definition) is 2. The van der Waals surface area contributed by atoms with Crippen LogP contribution >= 0.6 is 11.6 Å². The lowest BCUT2D eigenvalue weighted by atomic mass is 10.0. The van der Waals surface area contributed by atoms with Crippen molar-refractivity contribution in [1.29, 1.82) is 5.26 Å². The number of benzene rings is 2. The summed E-state index contributed by atoms with van der Waals surface area (Å²) in [6.45, 7) is 6.52. The van der Waals surface area contributed by atoms with Crippen LogP contribution in [0, 0.1) is 11.3 Å². The number of rotatable bonds is 6. The highest BCUT2D eigenvalue weighted by Gasteiger charge is 2.15. The van der Waals surface area contributed by atoms with Crippen LogP contribution in [0.5, 0.6) is 0 Å². The average Bonchev–Trinajstić information content (AvgIpc) is 2.86. The second-order valence-electron chi connectivity index (χ2n) is 7.23. The number of hydrogen-bond acceptors (Lipinski definition) is 7. The Morgan fingerprint density at radius 3 is 2.79 bits per heavy atom. The van der Waals surface area contributed by atoms with E-state index >= 15 is 0 Å². The molecule has 1 fully saturated rings. The lowest BCUT2D eigenvalue weighted by Gasteiger charge is -2.29. The van der Waals surface area contributed by atoms with E-state index in [1.165, 1.54) is 12.3 Å². The molecule has 1 aromatic heterocycles. The Kier molecular flexibility index (Phi) is 6.83. The number of nitriles is 1. The molecule has 1 aliphatic heterocycles. The molecule has 1 aliphatic rings. The highest BCUT2D eigenvalue weighted by Crippen LogP contribution is 2.32. The SMILES string of the molecule is C=CC(=O)Nc1ccc(C#N)c(-c2nc(Nc3cccc(N4CCOCC4)c3)ncc2Cl)c1. The molecule has 0 bridgehead atoms. The number of ether oxygens (including phenoxy) is 1. The van der Waals surface area contributed by atoms with Gasteiger partial charge in [0.2, 0.25) is 11.9 Å². The molecule has 0 saturated carbocycles. The van der Waals surface area contributed by atoms with Crippen molar-refractivity contribution >= 4 is 40.5 Å². The number of aromatic nitrogens is 2. The van der Waals surface area contributed by atoms with Gasteiger partial charge in [0.25, 0.3) is 0 Å². The number of anilines is 4. The van der Waals surface area contributed by atoms with Crippen LogP contribution in [-0.4, -0.2) is 42.2 Å². The third-order valence-corrected chi connectivity index (χ3v) is 5.35. The minimum absolute atomic E-state index is 0.284. The highest BCUT2D eigenvalue weighted by molar-refractivity contribution is 6.33. The van der Waals surface area contributed by atoms with Crippen molar-refractivity contribution in [2.45, 2.75) is 0 Å². The van der Waals surface area contributed by atoms with Crippen molar-refractivity contribution < 1.29 is 9.53 Å². The van der Waals surface area contributed by atoms with Gasteiger partial charge in [0.05, 0.1) is 41.8 Å². The molecule has 2 aromatic carbocycles. The van der Waals surface area contributed by atoms with Gasteiger partial charge in [0.15, 0.2) is 0 Å². The van der Waals surface area contributed by atoms with Crippen molar-refractivity contribution in [2.24, 2.45) is 0 Å². The lowest BCUT2D eigenvalue weighted by molar-refractivity contribution is -0.111. The van der Waals surface area contributed by atoms with Crippen LogP contribution in [0.2, 0.25) is 5.02 Å². The molecular formula is C24H21ClN6O2. The Balaban J connectivity index is 1.64. The first-order valence-corrected chi connectivity index (χ1v) is 10.7. The summed E-state index contributed by atoms with van der Waals surface area (Å²) in [6, 6.07) is 15.0. The lowest BCUT2D eigenvalue weighted by Crippen LogP contribution is -2.36. The zero-order valence-corrected chi connectivity index (χ0v) is 18.5. The molecule has 8 nitrogen and oxygen atoms in total. The Morgan fingerprint density at radius 1 is 1.21 bits per heavy atom. The van der Waals surface area contributed by atoms with Crippen molar-refractivity contribution in [1.82, 2.24) is 9.97 Å². The van der Waals surface area contributed by atoms with Crippen LogP contribution < -0.4 is 15.5 Å². The van der Waals surface area contributed by atoms with E-state index in [1.807, 2.05) is 24.3 Å². The van der Waals surface area contributed by atoms with Gasteiger partial charge in [-0.25, -0.2) is 9.97 Å². The summed E-state index contributed by atoms with van der Waals surface area (Å²) < 4.78 is 5.43. The number of nitrogens with one attached hydrogen (secondary N) is 2. The second-order valence-corrected chi connectivity index (χ2v) is 7.64. The van der Waals surface area contributed by atoms with Crippen LogP contribution in [0.3, 0.4) is 0 Å². The molecule has 0 aliphatic carbocycles. The Bertz CT molecular complexity index is 1230. The zero-order valence-electron chi connectivity index (χ0n) is 17.7. The van der Waals surface area contributed by atoms with Crippen LogP contribution in [0.4, 0.5) is 23.0 Å². The van der Waals surface area contributed by atoms with Crippen LogP contribution in [-0.2, 0) is 9.53 Å². The predicted octanol–water partition coefficient (Wildman–Crippen LogP) is 4.37. The summed E-state index contributed by atoms with van der Waals surface area (Å²) in [6.07, 6.45) is 2.65. The number of halogens is 1. The summed E-state index contributed by atoms with van der Waals surface area (Å²) in [5.74, 6) is -0.0279. The molecule has 2 heterocycles. The van der Waals surface area contributed by atoms with E-state index in [2.05, 4.69) is 38.1 Å². The van der Waals surface area contributed by atoms with Gasteiger partial charge in [0.1, 0.15) is 0 Å². The monoisotopic (exact) mass is 460 g/mol. The van der Waals surface area contributed by atoms with Gasteiger partial charge in [-0.05, 0) is 42.5 Å². The summed E-state index contributed by atoms with van der Waals surface area (Å²) in [5, 5.41) is 15.8. The van der Waals surface area contributed by atoms with Gasteiger partial charge in [-0.15, -0.1) is 0 Å². The van der Waals surface area contributed by atoms with Crippen molar-refractivity contribution in [3.63, 3.8) is 0 Å². The maximum atomic E-state index is 11.7. The molecule has 1 saturated heterocycles. The van der Waals surface area contributed by atoms with Gasteiger partial charge in [-0.2, -0.15) is 5.26 Å². The van der Waals surface area contributed by atoms with Gasteiger partial charge in [0, 0.05) is 35.7 Å². The van der Waals surface area contributed by atoms with Crippen LogP contribution in [0.25, 0.3) is 11.3 Å². The normalized spacial score (nSPS) is 13.2. The van der Waals surface area contributed by atoms with Crippen molar-refractivity contribution in [2.75, 3.05) is 41.8 Å². The standard InChI is InChI=1S/C24H21ClN6O2/c1-2-22(32)28-18-7-6-16(14-26)20(13-18)23-21(25)15-27-24(30-23)29-17-4-3-5-19(12-17)31-8-10-33-11-9-31/h2-7,12-13,15H,1,8-11H2,(H,28,32)(H,27,29,30). The molecule has 0 spiro atoms. The van der Waals surface area contributed by atoms with Gasteiger partial charge in [-0.1, -0.05) is 24.2 Å². The van der Waals surface area contributed by atoms with Crippen LogP contribution in [0.15, 0.2) is 61.3 Å². The zero-order chi connectivity index (χ0) is 23.2. The Labute approximate surface area is 196 Å². The van der Waals surface area contributed by atoms with E-state index in [0.717, 1.165) is 24.5 Å². The number of amides is 1. The summed E-state index contributed by atoms with van der Waals surface area (Å²) in [4.78, 5) is 22.8. The second kappa shape index (κ2) is 10.1. The number of nitrogens with zero attached hydrogens (tertiary/aromatic N) is 4. The first-order valence-electron chi connectivity index (χ1n) is 10.3. The van der Waals surface area contributed by atoms with E-state index < -0.39 is 0 Å². The Morgan fingerprint density at radius 2 is 2.03 bits per heavy atom. The molecule has 166 valence electrons. The van der Waals surface area contributed by atoms with Crippen LogP contribution in [0.1, 0.15) is 5.56 Å². The molecule has 9 heteroatoms. The average molecular weight is 461 g/mol. The number of morpholine rings is 1. The van der Waals surface area contributed by atoms with E-state index in [9.17, 15) is 10.1 Å². The highest BCUT2D eigenvalue weighted by atomic mass is 35.5. The minimum Gasteiger partial charge on any atom is -0.378 e. The number of carbonyl (C=O) groups is 1. The summed E-state index contributed by atoms with van der Waals surface area (Å²) >= 11 is 6.39. The fourth-order valence-electron chi connectivity index (χ4n) is 3.46. The molecule has 0 unspecified atom stereocenters. The third kappa shape index (κ3) is 5.29. The first-order chi connectivity index (χ1) is 16.1. The largest absolute Gasteiger partial charge is 0.378 e. The van der Waals surface area contributed by atoms with Gasteiger partial charge < -0.3 is 20.3 Å². The molecule has 2 N–H and O–H groups in total. The molecule has 0 atom stereocenters. The molecular weight excluding hydrogens is 440 g/mol. The molecule has 1 amide bonds. The molecule has 3 aromatic rings. The molecule has 4 rings (SSSR count). The molecule has 33 heavy (non-hydrogen) atoms. The van der Waals surface area contributed by atoms with E-state index in [0.29, 0.717) is 41.7 Å². The predicted molar refractivity (Wildman–Crippen MR) is 129 cm³/mol. The van der Waals surface area contributed by atoms with Crippen molar-refractivity contribution in [3.8, 4) is 17.3 Å². The summed E-state index contributed by atoms with van der Waals surface area (Å²) in [5.41, 5.74) is 3.63. The molecule has 0 radical (unpaired) electrons. The fraction of sp³-hybridized carbons (Fsp3) is 0.167. The van der Waals surface area contributed by atoms with E-state index in [4.69, 9.17) is 16.3 Å². The van der Waals surface area contributed by atoms with E-state index in [-0.39, 0.29) is 10.9 Å². The van der Waals surface area contributed by atoms with Crippen molar-refractivity contribution in [3.05, 3.63) is 71.9 Å². The van der Waals surface area contributed by atoms with Gasteiger partial charge in [-0.3, -0.25) is 4.79 Å². The van der Waals surface area contributed by atoms with E-state index in [1.54, 1.807) is 18.2 Å². The number of carbonyl (C=O) groups excluding carboxylic acids is 1. The fourth-order valence-corrected chi connectivity index (χ4v) is 3.65. The minimum atomic E-state index is -0.359.